The Kier molecular flexibility index (Phi) is 3.03. The molecule has 0 aliphatic carbocycles. The quantitative estimate of drug-likeness (QED) is 0.846. The first kappa shape index (κ1) is 11.5. The Morgan fingerprint density at radius 1 is 1.53 bits per heavy atom. The minimum absolute atomic E-state index is 0.253. The first-order chi connectivity index (χ1) is 8.09. The minimum Gasteiger partial charge on any atom is -0.394 e. The van der Waals surface area contributed by atoms with Crippen molar-refractivity contribution in [3.05, 3.63) is 23.7 Å². The SMILES string of the molecule is Cc1nn(C(C)C)c(NCc2ccno2)c1N. The van der Waals surface area contributed by atoms with E-state index < -0.39 is 0 Å². The zero-order chi connectivity index (χ0) is 12.4. The van der Waals surface area contributed by atoms with Crippen molar-refractivity contribution in [1.82, 2.24) is 14.9 Å². The van der Waals surface area contributed by atoms with Crippen LogP contribution in [0.2, 0.25) is 0 Å². The molecule has 17 heavy (non-hydrogen) atoms. The Morgan fingerprint density at radius 3 is 2.88 bits per heavy atom. The molecule has 92 valence electrons. The molecule has 3 N–H and O–H groups in total. The molecule has 6 nitrogen and oxygen atoms in total. The molecular weight excluding hydrogens is 218 g/mol. The van der Waals surface area contributed by atoms with Gasteiger partial charge >= 0.3 is 0 Å². The standard InChI is InChI=1S/C11H17N5O/c1-7(2)16-11(10(12)8(3)15-16)13-6-9-4-5-14-17-9/h4-5,7,13H,6,12H2,1-3H3. The smallest absolute Gasteiger partial charge is 0.155 e. The average molecular weight is 235 g/mol. The topological polar surface area (TPSA) is 81.9 Å². The number of nitrogen functional groups attached to an aromatic ring is 1. The highest BCUT2D eigenvalue weighted by Crippen LogP contribution is 2.25. The second-order valence-corrected chi connectivity index (χ2v) is 4.22. The average Bonchev–Trinajstić information content (AvgIpc) is 2.87. The molecule has 0 aliphatic rings. The maximum atomic E-state index is 5.99. The van der Waals surface area contributed by atoms with Crippen molar-refractivity contribution >= 4 is 11.5 Å². The van der Waals surface area contributed by atoms with E-state index in [1.54, 1.807) is 6.20 Å². The Labute approximate surface area is 99.8 Å². The van der Waals surface area contributed by atoms with E-state index in [0.29, 0.717) is 12.2 Å². The molecule has 0 saturated carbocycles. The molecule has 2 aromatic heterocycles. The molecule has 2 aromatic rings. The first-order valence-corrected chi connectivity index (χ1v) is 5.57. The third-order valence-electron chi connectivity index (χ3n) is 2.54. The van der Waals surface area contributed by atoms with Gasteiger partial charge in [-0.05, 0) is 20.8 Å². The molecular formula is C11H17N5O. The molecule has 0 amide bonds. The Morgan fingerprint density at radius 2 is 2.29 bits per heavy atom. The van der Waals surface area contributed by atoms with Crippen molar-refractivity contribution in [3.63, 3.8) is 0 Å². The van der Waals surface area contributed by atoms with Gasteiger partial charge < -0.3 is 15.6 Å². The zero-order valence-electron chi connectivity index (χ0n) is 10.3. The van der Waals surface area contributed by atoms with Crippen LogP contribution in [0.25, 0.3) is 0 Å². The van der Waals surface area contributed by atoms with E-state index in [1.165, 1.54) is 0 Å². The van der Waals surface area contributed by atoms with Crippen molar-refractivity contribution in [2.45, 2.75) is 33.4 Å². The molecule has 6 heteroatoms. The normalized spacial score (nSPS) is 11.1. The van der Waals surface area contributed by atoms with E-state index in [2.05, 4.69) is 29.4 Å². The lowest BCUT2D eigenvalue weighted by atomic mass is 10.3. The predicted octanol–water partition coefficient (Wildman–Crippen LogP) is 1.95. The molecule has 0 spiro atoms. The molecule has 0 aromatic carbocycles. The van der Waals surface area contributed by atoms with Crippen molar-refractivity contribution in [2.24, 2.45) is 0 Å². The van der Waals surface area contributed by atoms with Crippen LogP contribution < -0.4 is 11.1 Å². The summed E-state index contributed by atoms with van der Waals surface area (Å²) >= 11 is 0. The van der Waals surface area contributed by atoms with Gasteiger partial charge in [-0.2, -0.15) is 5.10 Å². The van der Waals surface area contributed by atoms with Gasteiger partial charge in [-0.3, -0.25) is 0 Å². The van der Waals surface area contributed by atoms with Gasteiger partial charge in [0.25, 0.3) is 0 Å². The second-order valence-electron chi connectivity index (χ2n) is 4.22. The van der Waals surface area contributed by atoms with Crippen LogP contribution in [0.4, 0.5) is 11.5 Å². The van der Waals surface area contributed by atoms with Crippen molar-refractivity contribution in [2.75, 3.05) is 11.1 Å². The Bertz CT molecular complexity index is 486. The summed E-state index contributed by atoms with van der Waals surface area (Å²) in [6.45, 7) is 6.56. The third kappa shape index (κ3) is 2.25. The molecule has 0 saturated heterocycles. The highest BCUT2D eigenvalue weighted by molar-refractivity contribution is 5.64. The fourth-order valence-electron chi connectivity index (χ4n) is 1.61. The van der Waals surface area contributed by atoms with Crippen LogP contribution in [0.1, 0.15) is 31.3 Å². The Balaban J connectivity index is 2.19. The summed E-state index contributed by atoms with van der Waals surface area (Å²) in [4.78, 5) is 0. The van der Waals surface area contributed by atoms with E-state index in [1.807, 2.05) is 17.7 Å². The van der Waals surface area contributed by atoms with Crippen molar-refractivity contribution < 1.29 is 4.52 Å². The molecule has 2 rings (SSSR count). The van der Waals surface area contributed by atoms with Gasteiger partial charge in [-0.1, -0.05) is 5.16 Å². The monoisotopic (exact) mass is 235 g/mol. The molecule has 0 unspecified atom stereocenters. The highest BCUT2D eigenvalue weighted by atomic mass is 16.5. The lowest BCUT2D eigenvalue weighted by Crippen LogP contribution is -2.10. The lowest BCUT2D eigenvalue weighted by Gasteiger charge is -2.12. The third-order valence-corrected chi connectivity index (χ3v) is 2.54. The summed E-state index contributed by atoms with van der Waals surface area (Å²) in [7, 11) is 0. The maximum Gasteiger partial charge on any atom is 0.155 e. The number of nitrogens with two attached hydrogens (primary N) is 1. The number of rotatable bonds is 4. The van der Waals surface area contributed by atoms with Crippen molar-refractivity contribution in [3.8, 4) is 0 Å². The molecule has 0 radical (unpaired) electrons. The first-order valence-electron chi connectivity index (χ1n) is 5.57. The predicted molar refractivity (Wildman–Crippen MR) is 65.6 cm³/mol. The maximum absolute atomic E-state index is 5.99. The fourth-order valence-corrected chi connectivity index (χ4v) is 1.61. The largest absolute Gasteiger partial charge is 0.394 e. The summed E-state index contributed by atoms with van der Waals surface area (Å²) in [6, 6.07) is 2.06. The van der Waals surface area contributed by atoms with Crippen LogP contribution in [0.15, 0.2) is 16.8 Å². The van der Waals surface area contributed by atoms with Gasteiger partial charge in [0, 0.05) is 12.1 Å². The van der Waals surface area contributed by atoms with E-state index in [-0.39, 0.29) is 6.04 Å². The summed E-state index contributed by atoms with van der Waals surface area (Å²) in [5, 5.41) is 11.3. The fraction of sp³-hybridized carbons (Fsp3) is 0.455. The van der Waals surface area contributed by atoms with E-state index >= 15 is 0 Å². The van der Waals surface area contributed by atoms with Gasteiger partial charge in [0.2, 0.25) is 0 Å². The second kappa shape index (κ2) is 4.48. The number of hydrogen-bond donors (Lipinski definition) is 2. The van der Waals surface area contributed by atoms with Gasteiger partial charge in [0.1, 0.15) is 5.82 Å². The van der Waals surface area contributed by atoms with Gasteiger partial charge in [0.15, 0.2) is 5.76 Å². The summed E-state index contributed by atoms with van der Waals surface area (Å²) in [5.74, 6) is 1.59. The number of aryl methyl sites for hydroxylation is 1. The van der Waals surface area contributed by atoms with Crippen molar-refractivity contribution in [1.29, 1.82) is 0 Å². The zero-order valence-corrected chi connectivity index (χ0v) is 10.3. The van der Waals surface area contributed by atoms with Gasteiger partial charge in [0.05, 0.1) is 24.1 Å². The summed E-state index contributed by atoms with van der Waals surface area (Å²) in [5.41, 5.74) is 7.50. The van der Waals surface area contributed by atoms with Gasteiger partial charge in [-0.15, -0.1) is 0 Å². The number of aromatic nitrogens is 3. The highest BCUT2D eigenvalue weighted by Gasteiger charge is 2.14. The van der Waals surface area contributed by atoms with E-state index in [9.17, 15) is 0 Å². The van der Waals surface area contributed by atoms with Crippen LogP contribution in [0, 0.1) is 6.92 Å². The molecule has 0 atom stereocenters. The van der Waals surface area contributed by atoms with Crippen LogP contribution in [0.3, 0.4) is 0 Å². The molecule has 0 aliphatic heterocycles. The molecule has 0 bridgehead atoms. The minimum atomic E-state index is 0.253. The summed E-state index contributed by atoms with van der Waals surface area (Å²) in [6.07, 6.45) is 1.62. The lowest BCUT2D eigenvalue weighted by molar-refractivity contribution is 0.387. The molecule has 0 fully saturated rings. The number of nitrogens with one attached hydrogen (secondary N) is 1. The van der Waals surface area contributed by atoms with Gasteiger partial charge in [-0.25, -0.2) is 4.68 Å². The van der Waals surface area contributed by atoms with E-state index in [0.717, 1.165) is 17.3 Å². The van der Waals surface area contributed by atoms with Crippen LogP contribution in [-0.4, -0.2) is 14.9 Å². The molecule has 2 heterocycles. The van der Waals surface area contributed by atoms with E-state index in [4.69, 9.17) is 10.3 Å². The number of hydrogen-bond acceptors (Lipinski definition) is 5. The number of anilines is 2. The van der Waals surface area contributed by atoms with Crippen LogP contribution in [-0.2, 0) is 6.54 Å². The number of nitrogens with zero attached hydrogens (tertiary/aromatic N) is 3. The Hall–Kier alpha value is -1.98. The summed E-state index contributed by atoms with van der Waals surface area (Å²) < 4.78 is 6.90. The van der Waals surface area contributed by atoms with Crippen LogP contribution in [0.5, 0.6) is 0 Å². The van der Waals surface area contributed by atoms with Crippen LogP contribution >= 0.6 is 0 Å².